The van der Waals surface area contributed by atoms with Gasteiger partial charge in [-0.2, -0.15) is 5.26 Å². The number of benzene rings is 1. The van der Waals surface area contributed by atoms with Crippen LogP contribution in [0.2, 0.25) is 0 Å². The number of hydrogen-bond acceptors (Lipinski definition) is 4. The van der Waals surface area contributed by atoms with Crippen LogP contribution in [0.1, 0.15) is 11.3 Å². The highest BCUT2D eigenvalue weighted by Gasteiger charge is 2.09. The lowest BCUT2D eigenvalue weighted by molar-refractivity contribution is 0.354. The molecule has 100 valence electrons. The fourth-order valence-corrected chi connectivity index (χ4v) is 1.87. The lowest BCUT2D eigenvalue weighted by Gasteiger charge is -2.10. The predicted octanol–water partition coefficient (Wildman–Crippen LogP) is 3.16. The third kappa shape index (κ3) is 2.78. The lowest BCUT2D eigenvalue weighted by atomic mass is 10.1. The summed E-state index contributed by atoms with van der Waals surface area (Å²) >= 11 is 0. The molecule has 0 spiro atoms. The molecule has 0 amide bonds. The van der Waals surface area contributed by atoms with Crippen molar-refractivity contribution in [2.75, 3.05) is 14.2 Å². The minimum Gasteiger partial charge on any atom is -0.493 e. The van der Waals surface area contributed by atoms with Gasteiger partial charge in [0, 0.05) is 11.8 Å². The second-order valence-corrected chi connectivity index (χ2v) is 3.97. The van der Waals surface area contributed by atoms with Crippen molar-refractivity contribution in [2.24, 2.45) is 0 Å². The van der Waals surface area contributed by atoms with Crippen molar-refractivity contribution in [3.8, 4) is 17.6 Å². The average molecular weight is 266 g/mol. The Bertz CT molecular complexity index is 658. The Morgan fingerprint density at radius 3 is 2.60 bits per heavy atom. The molecular weight excluding hydrogens is 252 g/mol. The molecule has 20 heavy (non-hydrogen) atoms. The van der Waals surface area contributed by atoms with Gasteiger partial charge in [-0.3, -0.25) is 4.98 Å². The number of pyridine rings is 1. The summed E-state index contributed by atoms with van der Waals surface area (Å²) in [5.74, 6) is 1.22. The number of methoxy groups -OCH3 is 2. The van der Waals surface area contributed by atoms with Crippen molar-refractivity contribution < 1.29 is 9.47 Å². The summed E-state index contributed by atoms with van der Waals surface area (Å²) in [5, 5.41) is 9.30. The Hall–Kier alpha value is -2.80. The van der Waals surface area contributed by atoms with Crippen LogP contribution in [0.3, 0.4) is 0 Å². The van der Waals surface area contributed by atoms with Crippen LogP contribution in [0.15, 0.2) is 42.6 Å². The second-order valence-electron chi connectivity index (χ2n) is 3.97. The number of para-hydroxylation sites is 1. The predicted molar refractivity (Wildman–Crippen MR) is 77.3 cm³/mol. The van der Waals surface area contributed by atoms with Crippen molar-refractivity contribution in [1.82, 2.24) is 4.98 Å². The average Bonchev–Trinajstić information content (AvgIpc) is 2.52. The monoisotopic (exact) mass is 266 g/mol. The minimum atomic E-state index is 0.470. The molecule has 1 aromatic heterocycles. The van der Waals surface area contributed by atoms with E-state index in [4.69, 9.17) is 9.47 Å². The summed E-state index contributed by atoms with van der Waals surface area (Å²) in [7, 11) is 3.15. The minimum absolute atomic E-state index is 0.470. The van der Waals surface area contributed by atoms with Gasteiger partial charge in [0.2, 0.25) is 0 Å². The molecule has 0 bridgehead atoms. The zero-order valence-electron chi connectivity index (χ0n) is 11.3. The molecule has 1 heterocycles. The first kappa shape index (κ1) is 13.6. The largest absolute Gasteiger partial charge is 0.493 e. The molecule has 0 aliphatic rings. The van der Waals surface area contributed by atoms with E-state index in [0.29, 0.717) is 22.8 Å². The highest BCUT2D eigenvalue weighted by Crippen LogP contribution is 2.32. The molecule has 0 saturated heterocycles. The normalized spacial score (nSPS) is 10.8. The molecule has 0 aliphatic carbocycles. The third-order valence-corrected chi connectivity index (χ3v) is 2.79. The van der Waals surface area contributed by atoms with Crippen LogP contribution in [0.25, 0.3) is 11.6 Å². The van der Waals surface area contributed by atoms with Crippen molar-refractivity contribution in [3.05, 3.63) is 53.9 Å². The number of allylic oxidation sites excluding steroid dienone is 1. The van der Waals surface area contributed by atoms with Gasteiger partial charge in [-0.1, -0.05) is 18.2 Å². The Kier molecular flexibility index (Phi) is 4.35. The fraction of sp³-hybridized carbons (Fsp3) is 0.125. The highest BCUT2D eigenvalue weighted by molar-refractivity contribution is 5.89. The topological polar surface area (TPSA) is 55.1 Å². The molecule has 0 unspecified atom stereocenters. The number of aromatic nitrogens is 1. The molecule has 4 nitrogen and oxygen atoms in total. The Morgan fingerprint density at radius 1 is 1.15 bits per heavy atom. The van der Waals surface area contributed by atoms with Crippen LogP contribution < -0.4 is 9.47 Å². The van der Waals surface area contributed by atoms with Crippen LogP contribution in [0, 0.1) is 11.3 Å². The van der Waals surface area contributed by atoms with Gasteiger partial charge in [0.15, 0.2) is 11.5 Å². The van der Waals surface area contributed by atoms with Crippen LogP contribution in [0.4, 0.5) is 0 Å². The maximum absolute atomic E-state index is 9.30. The van der Waals surface area contributed by atoms with Gasteiger partial charge in [0.05, 0.1) is 25.5 Å². The quantitative estimate of drug-likeness (QED) is 0.798. The standard InChI is InChI=1S/C16H14N2O2/c1-19-15-8-5-6-12(16(15)20-2)10-13(11-17)14-7-3-4-9-18-14/h3-10H,1-2H3/b13-10+. The van der Waals surface area contributed by atoms with Crippen LogP contribution in [-0.4, -0.2) is 19.2 Å². The molecule has 1 aromatic carbocycles. The van der Waals surface area contributed by atoms with E-state index in [1.165, 1.54) is 0 Å². The number of rotatable bonds is 4. The Labute approximate surface area is 117 Å². The van der Waals surface area contributed by atoms with Crippen molar-refractivity contribution in [1.29, 1.82) is 5.26 Å². The summed E-state index contributed by atoms with van der Waals surface area (Å²) in [4.78, 5) is 4.18. The van der Waals surface area contributed by atoms with E-state index in [2.05, 4.69) is 11.1 Å². The van der Waals surface area contributed by atoms with Gasteiger partial charge in [0.25, 0.3) is 0 Å². The summed E-state index contributed by atoms with van der Waals surface area (Å²) in [6.07, 6.45) is 3.40. The highest BCUT2D eigenvalue weighted by atomic mass is 16.5. The maximum atomic E-state index is 9.30. The zero-order chi connectivity index (χ0) is 14.4. The van der Waals surface area contributed by atoms with Gasteiger partial charge in [-0.25, -0.2) is 0 Å². The SMILES string of the molecule is COc1cccc(/C=C(\C#N)c2ccccn2)c1OC. The van der Waals surface area contributed by atoms with Gasteiger partial charge >= 0.3 is 0 Å². The Morgan fingerprint density at radius 2 is 2.00 bits per heavy atom. The van der Waals surface area contributed by atoms with E-state index in [0.717, 1.165) is 5.56 Å². The summed E-state index contributed by atoms with van der Waals surface area (Å²) < 4.78 is 10.6. The number of ether oxygens (including phenoxy) is 2. The van der Waals surface area contributed by atoms with E-state index in [-0.39, 0.29) is 0 Å². The first-order chi connectivity index (χ1) is 9.80. The smallest absolute Gasteiger partial charge is 0.167 e. The molecule has 0 saturated carbocycles. The molecule has 2 aromatic rings. The molecule has 0 radical (unpaired) electrons. The van der Waals surface area contributed by atoms with Crippen LogP contribution in [-0.2, 0) is 0 Å². The van der Waals surface area contributed by atoms with Crippen LogP contribution in [0.5, 0.6) is 11.5 Å². The molecule has 4 heteroatoms. The van der Waals surface area contributed by atoms with Crippen molar-refractivity contribution >= 4 is 11.6 Å². The first-order valence-electron chi connectivity index (χ1n) is 6.04. The van der Waals surface area contributed by atoms with E-state index in [9.17, 15) is 5.26 Å². The molecular formula is C16H14N2O2. The summed E-state index contributed by atoms with van der Waals surface area (Å²) in [5.41, 5.74) is 1.87. The third-order valence-electron chi connectivity index (χ3n) is 2.79. The molecule has 0 atom stereocenters. The van der Waals surface area contributed by atoms with Crippen molar-refractivity contribution in [3.63, 3.8) is 0 Å². The lowest BCUT2D eigenvalue weighted by Crippen LogP contribution is -1.93. The molecule has 0 aliphatic heterocycles. The van der Waals surface area contributed by atoms with E-state index in [1.807, 2.05) is 30.3 Å². The van der Waals surface area contributed by atoms with E-state index >= 15 is 0 Å². The van der Waals surface area contributed by atoms with Crippen LogP contribution >= 0.6 is 0 Å². The van der Waals surface area contributed by atoms with Gasteiger partial charge in [-0.15, -0.1) is 0 Å². The first-order valence-corrected chi connectivity index (χ1v) is 6.04. The molecule has 0 fully saturated rings. The Balaban J connectivity index is 2.51. The van der Waals surface area contributed by atoms with Gasteiger partial charge < -0.3 is 9.47 Å². The van der Waals surface area contributed by atoms with E-state index in [1.54, 1.807) is 32.6 Å². The molecule has 0 N–H and O–H groups in total. The molecule has 2 rings (SSSR count). The summed E-state index contributed by atoms with van der Waals surface area (Å²) in [6.45, 7) is 0. The fourth-order valence-electron chi connectivity index (χ4n) is 1.87. The van der Waals surface area contributed by atoms with Gasteiger partial charge in [0.1, 0.15) is 6.07 Å². The van der Waals surface area contributed by atoms with Crippen molar-refractivity contribution in [2.45, 2.75) is 0 Å². The van der Waals surface area contributed by atoms with Gasteiger partial charge in [-0.05, 0) is 24.3 Å². The second kappa shape index (κ2) is 6.39. The number of hydrogen-bond donors (Lipinski definition) is 0. The van der Waals surface area contributed by atoms with E-state index < -0.39 is 0 Å². The number of nitrogens with zero attached hydrogens (tertiary/aromatic N) is 2. The zero-order valence-corrected chi connectivity index (χ0v) is 11.3. The maximum Gasteiger partial charge on any atom is 0.167 e. The number of nitriles is 1. The summed E-state index contributed by atoms with van der Waals surface area (Å²) in [6, 6.07) is 13.1.